The van der Waals surface area contributed by atoms with Gasteiger partial charge in [0, 0.05) is 36.7 Å². The number of hydrogen-bond acceptors (Lipinski definition) is 5. The maximum absolute atomic E-state index is 12.8. The van der Waals surface area contributed by atoms with Gasteiger partial charge in [-0.05, 0) is 44.2 Å². The molecule has 1 aliphatic heterocycles. The summed E-state index contributed by atoms with van der Waals surface area (Å²) in [5.74, 6) is -0.209. The topological polar surface area (TPSA) is 49.9 Å². The highest BCUT2D eigenvalue weighted by Crippen LogP contribution is 2.51. The van der Waals surface area contributed by atoms with Crippen molar-refractivity contribution in [1.29, 1.82) is 0 Å². The maximum Gasteiger partial charge on any atom is 0.417 e. The molecule has 1 fully saturated rings. The number of carbonyl (C=O) groups is 2. The second-order valence-electron chi connectivity index (χ2n) is 7.26. The molecule has 0 aromatic carbocycles. The molecule has 2 amide bonds. The van der Waals surface area contributed by atoms with E-state index in [1.807, 2.05) is 57.4 Å². The Bertz CT molecular complexity index is 684. The van der Waals surface area contributed by atoms with E-state index in [4.69, 9.17) is 4.74 Å². The van der Waals surface area contributed by atoms with Gasteiger partial charge in [0.15, 0.2) is 0 Å². The van der Waals surface area contributed by atoms with Crippen LogP contribution in [0.2, 0.25) is 0 Å². The van der Waals surface area contributed by atoms with Crippen molar-refractivity contribution < 1.29 is 14.3 Å². The van der Waals surface area contributed by atoms with Crippen LogP contribution in [0.15, 0.2) is 23.2 Å². The summed E-state index contributed by atoms with van der Waals surface area (Å²) in [6.07, 6.45) is 2.09. The first kappa shape index (κ1) is 16.1. The minimum atomic E-state index is -0.628. The summed E-state index contributed by atoms with van der Waals surface area (Å²) in [4.78, 5) is 29.9. The minimum absolute atomic E-state index is 0.0277. The molecule has 2 heterocycles. The highest BCUT2D eigenvalue weighted by atomic mass is 32.1. The number of amides is 2. The number of likely N-dealkylation sites (tertiary alicyclic amines) is 1. The van der Waals surface area contributed by atoms with Crippen LogP contribution < -0.4 is 0 Å². The zero-order valence-electron chi connectivity index (χ0n) is 14.1. The van der Waals surface area contributed by atoms with Gasteiger partial charge in [-0.15, -0.1) is 11.3 Å². The van der Waals surface area contributed by atoms with Crippen LogP contribution in [0.3, 0.4) is 0 Å². The lowest BCUT2D eigenvalue weighted by atomic mass is 9.97. The number of fused-ring (bicyclic) bond motifs is 3. The van der Waals surface area contributed by atoms with Gasteiger partial charge in [-0.2, -0.15) is 0 Å². The number of rotatable bonds is 1. The molecule has 1 aromatic heterocycles. The Hall–Kier alpha value is -1.82. The molecular weight excluding hydrogens is 312 g/mol. The number of hydrogen-bond donors (Lipinski definition) is 0. The van der Waals surface area contributed by atoms with E-state index in [1.54, 1.807) is 11.3 Å². The Balaban J connectivity index is 2.01. The molecule has 0 bridgehead atoms. The number of nitrogens with zero attached hydrogens (tertiary/aromatic N) is 2. The molecule has 1 aromatic rings. The molecular formula is C17H22N2O3S. The van der Waals surface area contributed by atoms with Crippen molar-refractivity contribution in [2.24, 2.45) is 5.92 Å². The van der Waals surface area contributed by atoms with Crippen molar-refractivity contribution in [1.82, 2.24) is 9.80 Å². The van der Waals surface area contributed by atoms with Crippen molar-refractivity contribution >= 4 is 23.3 Å². The maximum atomic E-state index is 12.8. The Morgan fingerprint density at radius 1 is 1.43 bits per heavy atom. The van der Waals surface area contributed by atoms with Crippen molar-refractivity contribution in [3.05, 3.63) is 33.7 Å². The predicted octanol–water partition coefficient (Wildman–Crippen LogP) is 3.18. The van der Waals surface area contributed by atoms with Crippen LogP contribution in [0.25, 0.3) is 0 Å². The first-order valence-corrected chi connectivity index (χ1v) is 8.58. The second-order valence-corrected chi connectivity index (χ2v) is 8.26. The molecule has 1 saturated heterocycles. The summed E-state index contributed by atoms with van der Waals surface area (Å²) in [5, 5.41) is 2.02. The number of thiophene rings is 1. The summed E-state index contributed by atoms with van der Waals surface area (Å²) in [7, 11) is 3.77. The lowest BCUT2D eigenvalue weighted by molar-refractivity contribution is -0.125. The van der Waals surface area contributed by atoms with E-state index >= 15 is 0 Å². The Morgan fingerprint density at radius 3 is 2.74 bits per heavy atom. The van der Waals surface area contributed by atoms with E-state index in [2.05, 4.69) is 0 Å². The van der Waals surface area contributed by atoms with E-state index in [-0.39, 0.29) is 17.9 Å². The normalized spacial score (nSPS) is 24.8. The molecule has 2 atom stereocenters. The summed E-state index contributed by atoms with van der Waals surface area (Å²) in [5.41, 5.74) is 1.15. The van der Waals surface area contributed by atoms with Gasteiger partial charge < -0.3 is 9.64 Å². The van der Waals surface area contributed by atoms with Gasteiger partial charge in [0.25, 0.3) is 5.91 Å². The predicted molar refractivity (Wildman–Crippen MR) is 89.1 cm³/mol. The fourth-order valence-corrected chi connectivity index (χ4v) is 4.25. The molecule has 23 heavy (non-hydrogen) atoms. The van der Waals surface area contributed by atoms with Crippen molar-refractivity contribution in [2.75, 3.05) is 14.1 Å². The zero-order chi connectivity index (χ0) is 16.9. The smallest absolute Gasteiger partial charge is 0.417 e. The van der Waals surface area contributed by atoms with E-state index in [9.17, 15) is 9.59 Å². The first-order valence-electron chi connectivity index (χ1n) is 7.70. The summed E-state index contributed by atoms with van der Waals surface area (Å²) >= 11 is 1.69. The monoisotopic (exact) mass is 334 g/mol. The largest absolute Gasteiger partial charge is 0.443 e. The standard InChI is InChI=1S/C17H22N2O3S/c1-17(2,3)22-16(21)19-14-10-6-7-23-13(10)8-11(14)12(15(19)20)9-18(4)5/h6-7,9,11,14H,8H2,1-5H3. The fraction of sp³-hybridized carbons (Fsp3) is 0.529. The average Bonchev–Trinajstić information content (AvgIpc) is 3.01. The molecule has 1 aliphatic carbocycles. The van der Waals surface area contributed by atoms with Crippen molar-refractivity contribution in [2.45, 2.75) is 38.8 Å². The van der Waals surface area contributed by atoms with Gasteiger partial charge in [-0.1, -0.05) is 0 Å². The third kappa shape index (κ3) is 2.76. The summed E-state index contributed by atoms with van der Waals surface area (Å²) < 4.78 is 5.47. The molecule has 0 N–H and O–H groups in total. The van der Waals surface area contributed by atoms with Gasteiger partial charge in [-0.3, -0.25) is 4.79 Å². The SMILES string of the molecule is CN(C)C=C1C(=O)N(C(=O)OC(C)(C)C)C2c3ccsc3CC12. The third-order valence-electron chi connectivity index (χ3n) is 4.02. The lowest BCUT2D eigenvalue weighted by Gasteiger charge is -2.26. The van der Waals surface area contributed by atoms with E-state index in [0.29, 0.717) is 5.57 Å². The van der Waals surface area contributed by atoms with Gasteiger partial charge in [0.1, 0.15) is 5.60 Å². The molecule has 5 nitrogen and oxygen atoms in total. The quantitative estimate of drug-likeness (QED) is 0.740. The number of ether oxygens (including phenoxy) is 1. The first-order chi connectivity index (χ1) is 10.7. The summed E-state index contributed by atoms with van der Waals surface area (Å²) in [6, 6.07) is 1.79. The number of carbonyl (C=O) groups excluding carboxylic acids is 2. The van der Waals surface area contributed by atoms with Gasteiger partial charge in [-0.25, -0.2) is 9.69 Å². The van der Waals surface area contributed by atoms with E-state index in [1.165, 1.54) is 9.78 Å². The molecule has 124 valence electrons. The molecule has 0 spiro atoms. The molecule has 3 rings (SSSR count). The van der Waals surface area contributed by atoms with Gasteiger partial charge >= 0.3 is 6.09 Å². The highest BCUT2D eigenvalue weighted by molar-refractivity contribution is 7.10. The van der Waals surface area contributed by atoms with E-state index in [0.717, 1.165) is 12.0 Å². The van der Waals surface area contributed by atoms with Crippen LogP contribution in [0.1, 0.15) is 37.3 Å². The Labute approximate surface area is 140 Å². The zero-order valence-corrected chi connectivity index (χ0v) is 14.9. The van der Waals surface area contributed by atoms with Crippen LogP contribution in [-0.2, 0) is 16.0 Å². The molecule has 2 aliphatic rings. The number of imide groups is 1. The van der Waals surface area contributed by atoms with Gasteiger partial charge in [0.05, 0.1) is 6.04 Å². The Kier molecular flexibility index (Phi) is 3.75. The molecule has 0 saturated carbocycles. The van der Waals surface area contributed by atoms with Crippen molar-refractivity contribution in [3.63, 3.8) is 0 Å². The fourth-order valence-electron chi connectivity index (χ4n) is 3.27. The lowest BCUT2D eigenvalue weighted by Crippen LogP contribution is -2.39. The molecule has 0 radical (unpaired) electrons. The minimum Gasteiger partial charge on any atom is -0.443 e. The highest BCUT2D eigenvalue weighted by Gasteiger charge is 2.53. The third-order valence-corrected chi connectivity index (χ3v) is 4.97. The van der Waals surface area contributed by atoms with Gasteiger partial charge in [0.2, 0.25) is 0 Å². The molecule has 6 heteroatoms. The van der Waals surface area contributed by atoms with E-state index < -0.39 is 11.7 Å². The summed E-state index contributed by atoms with van der Waals surface area (Å²) in [6.45, 7) is 5.43. The van der Waals surface area contributed by atoms with Crippen LogP contribution in [0.5, 0.6) is 0 Å². The Morgan fingerprint density at radius 2 is 2.13 bits per heavy atom. The molecule has 2 unspecified atom stereocenters. The van der Waals surface area contributed by atoms with Crippen LogP contribution in [0, 0.1) is 5.92 Å². The van der Waals surface area contributed by atoms with Crippen LogP contribution in [-0.4, -0.2) is 41.5 Å². The van der Waals surface area contributed by atoms with Crippen LogP contribution >= 0.6 is 11.3 Å². The average molecular weight is 334 g/mol. The second kappa shape index (κ2) is 5.37. The van der Waals surface area contributed by atoms with Crippen LogP contribution in [0.4, 0.5) is 4.79 Å². The van der Waals surface area contributed by atoms with Crippen molar-refractivity contribution in [3.8, 4) is 0 Å².